The fourth-order valence-electron chi connectivity index (χ4n) is 2.65. The summed E-state index contributed by atoms with van der Waals surface area (Å²) in [5.74, 6) is 1.05. The zero-order chi connectivity index (χ0) is 22.8. The van der Waals surface area contributed by atoms with Crippen LogP contribution in [0.15, 0.2) is 42.5 Å². The van der Waals surface area contributed by atoms with Gasteiger partial charge in [0.2, 0.25) is 0 Å². The molecule has 166 valence electrons. The van der Waals surface area contributed by atoms with Gasteiger partial charge in [-0.05, 0) is 85.9 Å². The second kappa shape index (κ2) is 11.9. The van der Waals surface area contributed by atoms with Crippen LogP contribution in [0.1, 0.15) is 41.8 Å². The first kappa shape index (κ1) is 24.1. The average Bonchev–Trinajstić information content (AvgIpc) is 2.70. The molecule has 0 unspecified atom stereocenters. The summed E-state index contributed by atoms with van der Waals surface area (Å²) in [6.45, 7) is 8.61. The van der Waals surface area contributed by atoms with Crippen LogP contribution in [0.4, 0.5) is 0 Å². The first-order valence-corrected chi connectivity index (χ1v) is 10.5. The number of hydrazine groups is 1. The summed E-state index contributed by atoms with van der Waals surface area (Å²) in [6.07, 6.45) is 0.962. The Hall–Kier alpha value is -3.13. The highest BCUT2D eigenvalue weighted by Gasteiger charge is 2.10. The van der Waals surface area contributed by atoms with Crippen molar-refractivity contribution in [3.05, 3.63) is 59.2 Å². The summed E-state index contributed by atoms with van der Waals surface area (Å²) in [6, 6.07) is 12.5. The van der Waals surface area contributed by atoms with Crippen molar-refractivity contribution >= 4 is 29.1 Å². The van der Waals surface area contributed by atoms with E-state index in [0.717, 1.165) is 17.5 Å². The molecule has 3 N–H and O–H groups in total. The highest BCUT2D eigenvalue weighted by Crippen LogP contribution is 2.16. The quantitative estimate of drug-likeness (QED) is 0.428. The monoisotopic (exact) mass is 443 g/mol. The van der Waals surface area contributed by atoms with Crippen LogP contribution >= 0.6 is 12.2 Å². The molecule has 0 saturated heterocycles. The van der Waals surface area contributed by atoms with Gasteiger partial charge in [0.1, 0.15) is 11.5 Å². The number of benzene rings is 2. The van der Waals surface area contributed by atoms with E-state index in [0.29, 0.717) is 29.6 Å². The Labute approximate surface area is 188 Å². The van der Waals surface area contributed by atoms with Gasteiger partial charge >= 0.3 is 0 Å². The molecule has 2 amide bonds. The van der Waals surface area contributed by atoms with Gasteiger partial charge in [0.15, 0.2) is 11.7 Å². The molecule has 0 fully saturated rings. The van der Waals surface area contributed by atoms with Crippen LogP contribution in [-0.2, 0) is 4.79 Å². The van der Waals surface area contributed by atoms with E-state index in [-0.39, 0.29) is 11.7 Å². The van der Waals surface area contributed by atoms with Crippen LogP contribution in [0, 0.1) is 19.8 Å². The van der Waals surface area contributed by atoms with Gasteiger partial charge in [0, 0.05) is 5.56 Å². The first-order valence-electron chi connectivity index (χ1n) is 10.1. The van der Waals surface area contributed by atoms with Crippen LogP contribution in [0.5, 0.6) is 11.5 Å². The molecule has 2 rings (SSSR count). The molecule has 31 heavy (non-hydrogen) atoms. The van der Waals surface area contributed by atoms with E-state index in [4.69, 9.17) is 21.7 Å². The van der Waals surface area contributed by atoms with Gasteiger partial charge in [0.05, 0.1) is 6.61 Å². The van der Waals surface area contributed by atoms with E-state index < -0.39 is 11.8 Å². The largest absolute Gasteiger partial charge is 0.494 e. The third-order valence-corrected chi connectivity index (χ3v) is 4.39. The maximum absolute atomic E-state index is 12.3. The van der Waals surface area contributed by atoms with Gasteiger partial charge < -0.3 is 9.47 Å². The number of carbonyl (C=O) groups excluding carboxylic acids is 2. The molecular weight excluding hydrogens is 414 g/mol. The molecule has 0 atom stereocenters. The number of hydrogen-bond donors (Lipinski definition) is 3. The summed E-state index contributed by atoms with van der Waals surface area (Å²) in [5, 5.41) is 2.48. The molecule has 2 aromatic carbocycles. The van der Waals surface area contributed by atoms with Crippen LogP contribution in [0.25, 0.3) is 0 Å². The van der Waals surface area contributed by atoms with Gasteiger partial charge in [-0.1, -0.05) is 19.9 Å². The third-order valence-electron chi connectivity index (χ3n) is 4.19. The maximum Gasteiger partial charge on any atom is 0.276 e. The predicted octanol–water partition coefficient (Wildman–Crippen LogP) is 3.44. The molecular formula is C23H29N3O4S. The van der Waals surface area contributed by atoms with Crippen LogP contribution in [0.2, 0.25) is 0 Å². The average molecular weight is 444 g/mol. The van der Waals surface area contributed by atoms with Crippen LogP contribution in [-0.4, -0.2) is 30.1 Å². The third kappa shape index (κ3) is 9.04. The zero-order valence-corrected chi connectivity index (χ0v) is 19.1. The highest BCUT2D eigenvalue weighted by atomic mass is 32.1. The fraction of sp³-hybridized carbons (Fsp3) is 0.348. The molecule has 0 spiro atoms. The van der Waals surface area contributed by atoms with Gasteiger partial charge in [-0.15, -0.1) is 0 Å². The number of thiocarbonyl (C=S) groups is 1. The van der Waals surface area contributed by atoms with Gasteiger partial charge in [0.25, 0.3) is 11.8 Å². The fourth-order valence-corrected chi connectivity index (χ4v) is 2.79. The Morgan fingerprint density at radius 3 is 2.19 bits per heavy atom. The molecule has 0 aliphatic carbocycles. The second-order valence-electron chi connectivity index (χ2n) is 7.62. The van der Waals surface area contributed by atoms with E-state index >= 15 is 0 Å². The lowest BCUT2D eigenvalue weighted by Gasteiger charge is -2.12. The number of nitrogens with one attached hydrogen (secondary N) is 3. The van der Waals surface area contributed by atoms with Crippen molar-refractivity contribution in [2.45, 2.75) is 34.1 Å². The lowest BCUT2D eigenvalue weighted by Crippen LogP contribution is -2.49. The number of aryl methyl sites for hydroxylation is 2. The van der Waals surface area contributed by atoms with Crippen molar-refractivity contribution in [3.8, 4) is 11.5 Å². The van der Waals surface area contributed by atoms with Crippen molar-refractivity contribution in [1.29, 1.82) is 0 Å². The molecule has 0 aromatic heterocycles. The molecule has 7 nitrogen and oxygen atoms in total. The minimum absolute atomic E-state index is 0.0259. The number of hydrogen-bond acceptors (Lipinski definition) is 5. The number of ether oxygens (including phenoxy) is 2. The van der Waals surface area contributed by atoms with E-state index in [1.807, 2.05) is 32.0 Å². The smallest absolute Gasteiger partial charge is 0.276 e. The second-order valence-corrected chi connectivity index (χ2v) is 8.03. The normalized spacial score (nSPS) is 10.4. The maximum atomic E-state index is 12.3. The van der Waals surface area contributed by atoms with Gasteiger partial charge in [-0.3, -0.25) is 25.8 Å². The summed E-state index contributed by atoms with van der Waals surface area (Å²) in [7, 11) is 0. The minimum Gasteiger partial charge on any atom is -0.494 e. The van der Waals surface area contributed by atoms with Crippen molar-refractivity contribution in [2.24, 2.45) is 5.92 Å². The molecule has 0 bridgehead atoms. The Balaban J connectivity index is 1.72. The van der Waals surface area contributed by atoms with Crippen molar-refractivity contribution in [1.82, 2.24) is 16.2 Å². The van der Waals surface area contributed by atoms with Crippen molar-refractivity contribution in [2.75, 3.05) is 13.2 Å². The Kier molecular flexibility index (Phi) is 9.27. The number of amides is 2. The lowest BCUT2D eigenvalue weighted by molar-refractivity contribution is -0.123. The molecule has 0 aliphatic heterocycles. The Morgan fingerprint density at radius 2 is 1.58 bits per heavy atom. The standard InChI is InChI=1S/C23H29N3O4S/c1-15(2)9-10-29-19-7-5-18(6-8-19)22(28)24-23(31)26-25-21(27)14-30-20-12-16(3)11-17(4)13-20/h5-8,11-13,15H,9-10,14H2,1-4H3,(H,25,27)(H2,24,26,28,31). The van der Waals surface area contributed by atoms with Crippen LogP contribution in [0.3, 0.4) is 0 Å². The number of rotatable bonds is 8. The summed E-state index contributed by atoms with van der Waals surface area (Å²) in [5.41, 5.74) is 7.40. The molecule has 8 heteroatoms. The van der Waals surface area contributed by atoms with E-state index in [1.165, 1.54) is 0 Å². The van der Waals surface area contributed by atoms with Crippen LogP contribution < -0.4 is 25.6 Å². The molecule has 0 radical (unpaired) electrons. The summed E-state index contributed by atoms with van der Waals surface area (Å²) < 4.78 is 11.1. The number of carbonyl (C=O) groups is 2. The van der Waals surface area contributed by atoms with E-state index in [9.17, 15) is 9.59 Å². The predicted molar refractivity (Wildman–Crippen MR) is 124 cm³/mol. The molecule has 0 saturated carbocycles. The topological polar surface area (TPSA) is 88.7 Å². The minimum atomic E-state index is -0.432. The molecule has 2 aromatic rings. The first-order chi connectivity index (χ1) is 14.7. The zero-order valence-electron chi connectivity index (χ0n) is 18.3. The molecule has 0 heterocycles. The van der Waals surface area contributed by atoms with Crippen molar-refractivity contribution in [3.63, 3.8) is 0 Å². The summed E-state index contributed by atoms with van der Waals surface area (Å²) in [4.78, 5) is 24.2. The highest BCUT2D eigenvalue weighted by molar-refractivity contribution is 7.80. The summed E-state index contributed by atoms with van der Waals surface area (Å²) >= 11 is 5.04. The molecule has 0 aliphatic rings. The Morgan fingerprint density at radius 1 is 0.935 bits per heavy atom. The van der Waals surface area contributed by atoms with Crippen molar-refractivity contribution < 1.29 is 19.1 Å². The van der Waals surface area contributed by atoms with Gasteiger partial charge in [-0.2, -0.15) is 0 Å². The van der Waals surface area contributed by atoms with Gasteiger partial charge in [-0.25, -0.2) is 0 Å². The Bertz CT molecular complexity index is 893. The van der Waals surface area contributed by atoms with E-state index in [1.54, 1.807) is 24.3 Å². The van der Waals surface area contributed by atoms with E-state index in [2.05, 4.69) is 30.0 Å². The SMILES string of the molecule is Cc1cc(C)cc(OCC(=O)NNC(=S)NC(=O)c2ccc(OCCC(C)C)cc2)c1. The lowest BCUT2D eigenvalue weighted by atomic mass is 10.1.